The van der Waals surface area contributed by atoms with Gasteiger partial charge in [0, 0.05) is 31.6 Å². The van der Waals surface area contributed by atoms with Gasteiger partial charge in [-0.15, -0.1) is 24.0 Å². The van der Waals surface area contributed by atoms with Gasteiger partial charge in [0.25, 0.3) is 0 Å². The largest absolute Gasteiger partial charge is 0.356 e. The van der Waals surface area contributed by atoms with Gasteiger partial charge in [0.2, 0.25) is 5.91 Å². The molecule has 0 spiro atoms. The molecule has 0 bridgehead atoms. The molecule has 5 nitrogen and oxygen atoms in total. The number of nitrogens with zero attached hydrogens (tertiary/aromatic N) is 1. The zero-order valence-electron chi connectivity index (χ0n) is 16.1. The maximum absolute atomic E-state index is 12.3. The lowest BCUT2D eigenvalue weighted by Crippen LogP contribution is -2.47. The fourth-order valence-corrected chi connectivity index (χ4v) is 3.38. The first-order valence-electron chi connectivity index (χ1n) is 9.86. The van der Waals surface area contributed by atoms with Crippen LogP contribution in [-0.4, -0.2) is 37.5 Å². The third kappa shape index (κ3) is 9.11. The Bertz CT molecular complexity index is 424. The van der Waals surface area contributed by atoms with Crippen molar-refractivity contribution >= 4 is 35.8 Å². The second-order valence-electron chi connectivity index (χ2n) is 7.88. The number of carbonyl (C=O) groups is 1. The number of halogens is 1. The van der Waals surface area contributed by atoms with Crippen molar-refractivity contribution in [3.63, 3.8) is 0 Å². The van der Waals surface area contributed by atoms with Crippen LogP contribution < -0.4 is 16.0 Å². The van der Waals surface area contributed by atoms with Crippen LogP contribution in [0.2, 0.25) is 0 Å². The first-order valence-corrected chi connectivity index (χ1v) is 9.86. The van der Waals surface area contributed by atoms with E-state index in [0.717, 1.165) is 56.9 Å². The first-order chi connectivity index (χ1) is 11.6. The van der Waals surface area contributed by atoms with E-state index in [1.54, 1.807) is 0 Å². The SMILES string of the molecule is CN=C(NCCCCC(C)C)NC1CCCC(C(=O)NC2CC2)C1.I. The van der Waals surface area contributed by atoms with Crippen LogP contribution in [0.3, 0.4) is 0 Å². The lowest BCUT2D eigenvalue weighted by atomic mass is 9.85. The molecule has 0 saturated heterocycles. The van der Waals surface area contributed by atoms with Gasteiger partial charge in [-0.3, -0.25) is 9.79 Å². The van der Waals surface area contributed by atoms with E-state index in [-0.39, 0.29) is 35.8 Å². The summed E-state index contributed by atoms with van der Waals surface area (Å²) in [7, 11) is 1.82. The molecule has 146 valence electrons. The second-order valence-corrected chi connectivity index (χ2v) is 7.88. The molecular formula is C19H37IN4O. The highest BCUT2D eigenvalue weighted by molar-refractivity contribution is 14.0. The molecule has 2 aliphatic rings. The minimum absolute atomic E-state index is 0. The zero-order valence-corrected chi connectivity index (χ0v) is 18.5. The Balaban J connectivity index is 0.00000312. The van der Waals surface area contributed by atoms with Gasteiger partial charge >= 0.3 is 0 Å². The highest BCUT2D eigenvalue weighted by atomic mass is 127. The maximum Gasteiger partial charge on any atom is 0.223 e. The van der Waals surface area contributed by atoms with E-state index in [1.165, 1.54) is 19.3 Å². The normalized spacial score (nSPS) is 23.8. The number of rotatable bonds is 8. The summed E-state index contributed by atoms with van der Waals surface area (Å²) in [5.74, 6) is 2.10. The Labute approximate surface area is 170 Å². The number of hydrogen-bond acceptors (Lipinski definition) is 2. The van der Waals surface area contributed by atoms with Gasteiger partial charge in [-0.25, -0.2) is 0 Å². The summed E-state index contributed by atoms with van der Waals surface area (Å²) < 4.78 is 0. The van der Waals surface area contributed by atoms with E-state index in [1.807, 2.05) is 7.05 Å². The van der Waals surface area contributed by atoms with E-state index in [4.69, 9.17) is 0 Å². The monoisotopic (exact) mass is 464 g/mol. The summed E-state index contributed by atoms with van der Waals surface area (Å²) in [6, 6.07) is 0.821. The van der Waals surface area contributed by atoms with Gasteiger partial charge in [0.15, 0.2) is 5.96 Å². The van der Waals surface area contributed by atoms with Crippen LogP contribution >= 0.6 is 24.0 Å². The minimum Gasteiger partial charge on any atom is -0.356 e. The summed E-state index contributed by atoms with van der Waals surface area (Å²) >= 11 is 0. The average molecular weight is 464 g/mol. The standard InChI is InChI=1S/C19H36N4O.HI/c1-14(2)7-4-5-12-21-19(20-3)23-17-9-6-8-15(13-17)18(24)22-16-10-11-16;/h14-17H,4-13H2,1-3H3,(H,22,24)(H2,20,21,23);1H. The van der Waals surface area contributed by atoms with Crippen LogP contribution in [0.5, 0.6) is 0 Å². The Morgan fingerprint density at radius 2 is 1.84 bits per heavy atom. The van der Waals surface area contributed by atoms with Crippen LogP contribution in [0.25, 0.3) is 0 Å². The third-order valence-electron chi connectivity index (χ3n) is 5.03. The summed E-state index contributed by atoms with van der Waals surface area (Å²) in [6.07, 6.45) is 10.2. The molecule has 0 aromatic carbocycles. The third-order valence-corrected chi connectivity index (χ3v) is 5.03. The molecule has 2 rings (SSSR count). The molecule has 3 N–H and O–H groups in total. The van der Waals surface area contributed by atoms with E-state index < -0.39 is 0 Å². The lowest BCUT2D eigenvalue weighted by molar-refractivity contribution is -0.126. The summed E-state index contributed by atoms with van der Waals surface area (Å²) in [4.78, 5) is 16.6. The van der Waals surface area contributed by atoms with Crippen molar-refractivity contribution in [3.8, 4) is 0 Å². The van der Waals surface area contributed by atoms with Crippen LogP contribution in [0.15, 0.2) is 4.99 Å². The molecular weight excluding hydrogens is 427 g/mol. The minimum atomic E-state index is 0. The van der Waals surface area contributed by atoms with Gasteiger partial charge in [0.1, 0.15) is 0 Å². The molecule has 2 atom stereocenters. The number of carbonyl (C=O) groups excluding carboxylic acids is 1. The highest BCUT2D eigenvalue weighted by Crippen LogP contribution is 2.26. The van der Waals surface area contributed by atoms with Crippen LogP contribution in [-0.2, 0) is 4.79 Å². The van der Waals surface area contributed by atoms with Crippen molar-refractivity contribution in [1.29, 1.82) is 0 Å². The van der Waals surface area contributed by atoms with Gasteiger partial charge in [-0.1, -0.05) is 33.1 Å². The smallest absolute Gasteiger partial charge is 0.223 e. The Morgan fingerprint density at radius 1 is 1.08 bits per heavy atom. The van der Waals surface area contributed by atoms with Gasteiger partial charge in [-0.05, 0) is 44.4 Å². The molecule has 6 heteroatoms. The van der Waals surface area contributed by atoms with E-state index in [0.29, 0.717) is 12.1 Å². The van der Waals surface area contributed by atoms with Crippen LogP contribution in [0, 0.1) is 11.8 Å². The molecule has 0 radical (unpaired) electrons. The van der Waals surface area contributed by atoms with E-state index in [2.05, 4.69) is 34.8 Å². The topological polar surface area (TPSA) is 65.5 Å². The molecule has 0 aromatic heterocycles. The fourth-order valence-electron chi connectivity index (χ4n) is 3.38. The maximum atomic E-state index is 12.3. The second kappa shape index (κ2) is 12.0. The Morgan fingerprint density at radius 3 is 2.48 bits per heavy atom. The molecule has 1 amide bonds. The predicted octanol–water partition coefficient (Wildman–Crippen LogP) is 3.43. The summed E-state index contributed by atoms with van der Waals surface area (Å²) in [5.41, 5.74) is 0. The number of unbranched alkanes of at least 4 members (excludes halogenated alkanes) is 1. The van der Waals surface area contributed by atoms with Gasteiger partial charge < -0.3 is 16.0 Å². The molecule has 0 aromatic rings. The van der Waals surface area contributed by atoms with Crippen LogP contribution in [0.1, 0.15) is 71.6 Å². The molecule has 2 saturated carbocycles. The number of nitrogens with one attached hydrogen (secondary N) is 3. The number of hydrogen-bond donors (Lipinski definition) is 3. The predicted molar refractivity (Wildman–Crippen MR) is 116 cm³/mol. The number of aliphatic imine (C=N–C) groups is 1. The molecule has 0 aliphatic heterocycles. The summed E-state index contributed by atoms with van der Waals surface area (Å²) in [5, 5.41) is 10.1. The molecule has 2 unspecified atom stereocenters. The molecule has 2 aliphatic carbocycles. The van der Waals surface area contributed by atoms with Crippen molar-refractivity contribution < 1.29 is 4.79 Å². The van der Waals surface area contributed by atoms with Gasteiger partial charge in [0.05, 0.1) is 0 Å². The van der Waals surface area contributed by atoms with Gasteiger partial charge in [-0.2, -0.15) is 0 Å². The van der Waals surface area contributed by atoms with E-state index in [9.17, 15) is 4.79 Å². The van der Waals surface area contributed by atoms with E-state index >= 15 is 0 Å². The molecule has 0 heterocycles. The van der Waals surface area contributed by atoms with Crippen molar-refractivity contribution in [2.45, 2.75) is 83.7 Å². The van der Waals surface area contributed by atoms with Crippen molar-refractivity contribution in [3.05, 3.63) is 0 Å². The fraction of sp³-hybridized carbons (Fsp3) is 0.895. The molecule has 25 heavy (non-hydrogen) atoms. The summed E-state index contributed by atoms with van der Waals surface area (Å²) in [6.45, 7) is 5.50. The quantitative estimate of drug-likeness (QED) is 0.223. The lowest BCUT2D eigenvalue weighted by Gasteiger charge is -2.30. The highest BCUT2D eigenvalue weighted by Gasteiger charge is 2.31. The Kier molecular flexibility index (Phi) is 10.8. The molecule has 2 fully saturated rings. The zero-order chi connectivity index (χ0) is 17.4. The number of amides is 1. The average Bonchev–Trinajstić information content (AvgIpc) is 3.37. The van der Waals surface area contributed by atoms with Crippen molar-refractivity contribution in [1.82, 2.24) is 16.0 Å². The first kappa shape index (κ1) is 22.5. The van der Waals surface area contributed by atoms with Crippen LogP contribution in [0.4, 0.5) is 0 Å². The van der Waals surface area contributed by atoms with Crippen molar-refractivity contribution in [2.24, 2.45) is 16.8 Å². The van der Waals surface area contributed by atoms with Crippen molar-refractivity contribution in [2.75, 3.05) is 13.6 Å². The Hall–Kier alpha value is -0.530. The number of guanidine groups is 1.